The van der Waals surface area contributed by atoms with E-state index in [2.05, 4.69) is 22.6 Å². The van der Waals surface area contributed by atoms with E-state index in [1.807, 2.05) is 28.9 Å². The predicted molar refractivity (Wildman–Crippen MR) is 54.6 cm³/mol. The summed E-state index contributed by atoms with van der Waals surface area (Å²) in [7, 11) is 0. The molecule has 4 heteroatoms. The van der Waals surface area contributed by atoms with E-state index in [0.29, 0.717) is 11.3 Å². The van der Waals surface area contributed by atoms with Crippen LogP contribution < -0.4 is 0 Å². The molecule has 0 aromatic heterocycles. The van der Waals surface area contributed by atoms with Crippen molar-refractivity contribution in [3.63, 3.8) is 0 Å². The standard InChI is InChI=1S/C7H8INOS/c8-4-5-6(10)9-2-1-3-11-7(5)9/h1-2,5,7H,3-4H2/t5?,7-/m0/s1. The Labute approximate surface area is 83.5 Å². The third-order valence-electron chi connectivity index (χ3n) is 1.99. The van der Waals surface area contributed by atoms with Crippen molar-refractivity contribution in [1.29, 1.82) is 0 Å². The summed E-state index contributed by atoms with van der Waals surface area (Å²) in [4.78, 5) is 13.1. The van der Waals surface area contributed by atoms with Gasteiger partial charge in [0.15, 0.2) is 0 Å². The highest BCUT2D eigenvalue weighted by Crippen LogP contribution is 2.38. The van der Waals surface area contributed by atoms with Gasteiger partial charge in [0, 0.05) is 16.4 Å². The van der Waals surface area contributed by atoms with Crippen LogP contribution in [0.1, 0.15) is 0 Å². The second kappa shape index (κ2) is 2.97. The fraction of sp³-hybridized carbons (Fsp3) is 0.571. The third kappa shape index (κ3) is 1.11. The molecule has 2 heterocycles. The summed E-state index contributed by atoms with van der Waals surface area (Å²) >= 11 is 4.15. The fourth-order valence-corrected chi connectivity index (χ4v) is 3.74. The highest BCUT2D eigenvalue weighted by molar-refractivity contribution is 14.1. The van der Waals surface area contributed by atoms with Crippen molar-refractivity contribution in [2.75, 3.05) is 10.2 Å². The van der Waals surface area contributed by atoms with Crippen molar-refractivity contribution in [3.8, 4) is 0 Å². The summed E-state index contributed by atoms with van der Waals surface area (Å²) in [6.45, 7) is 0. The second-order valence-corrected chi connectivity index (χ2v) is 4.65. The van der Waals surface area contributed by atoms with Gasteiger partial charge in [-0.25, -0.2) is 0 Å². The molecule has 1 saturated heterocycles. The molecule has 0 aromatic rings. The molecule has 2 rings (SSSR count). The van der Waals surface area contributed by atoms with Gasteiger partial charge in [-0.2, -0.15) is 0 Å². The van der Waals surface area contributed by atoms with Crippen LogP contribution in [-0.2, 0) is 4.79 Å². The lowest BCUT2D eigenvalue weighted by Gasteiger charge is -2.45. The van der Waals surface area contributed by atoms with Crippen LogP contribution in [0.15, 0.2) is 12.3 Å². The first kappa shape index (κ1) is 7.91. The van der Waals surface area contributed by atoms with Crippen LogP contribution in [0.2, 0.25) is 0 Å². The van der Waals surface area contributed by atoms with E-state index in [9.17, 15) is 4.79 Å². The number of hydrogen-bond acceptors (Lipinski definition) is 2. The Morgan fingerprint density at radius 3 is 3.36 bits per heavy atom. The van der Waals surface area contributed by atoms with Crippen LogP contribution in [0.5, 0.6) is 0 Å². The Bertz CT molecular complexity index is 218. The average molecular weight is 281 g/mol. The van der Waals surface area contributed by atoms with Gasteiger partial charge in [-0.05, 0) is 0 Å². The van der Waals surface area contributed by atoms with Crippen LogP contribution in [0.25, 0.3) is 0 Å². The molecule has 11 heavy (non-hydrogen) atoms. The van der Waals surface area contributed by atoms with Crippen molar-refractivity contribution in [3.05, 3.63) is 12.3 Å². The number of carbonyl (C=O) groups is 1. The first-order valence-electron chi connectivity index (χ1n) is 3.51. The minimum atomic E-state index is 0.283. The lowest BCUT2D eigenvalue weighted by Crippen LogP contribution is -2.58. The number of amides is 1. The maximum Gasteiger partial charge on any atom is 0.234 e. The molecule has 0 spiro atoms. The summed E-state index contributed by atoms with van der Waals surface area (Å²) in [5.41, 5.74) is 0. The van der Waals surface area contributed by atoms with Crippen LogP contribution >= 0.6 is 34.4 Å². The van der Waals surface area contributed by atoms with E-state index >= 15 is 0 Å². The van der Waals surface area contributed by atoms with Gasteiger partial charge < -0.3 is 4.90 Å². The smallest absolute Gasteiger partial charge is 0.234 e. The molecule has 0 saturated carbocycles. The van der Waals surface area contributed by atoms with E-state index in [-0.39, 0.29) is 5.92 Å². The van der Waals surface area contributed by atoms with Crippen molar-refractivity contribution < 1.29 is 4.79 Å². The quantitative estimate of drug-likeness (QED) is 0.412. The molecule has 60 valence electrons. The van der Waals surface area contributed by atoms with Crippen molar-refractivity contribution >= 4 is 40.3 Å². The average Bonchev–Trinajstić information content (AvgIpc) is 2.05. The summed E-state index contributed by atoms with van der Waals surface area (Å²) in [5, 5.41) is 0.449. The Morgan fingerprint density at radius 1 is 1.82 bits per heavy atom. The molecule has 1 fully saturated rings. The Hall–Kier alpha value is 0.290. The fourth-order valence-electron chi connectivity index (χ4n) is 1.36. The van der Waals surface area contributed by atoms with Crippen LogP contribution in [0, 0.1) is 5.92 Å². The molecule has 1 amide bonds. The van der Waals surface area contributed by atoms with E-state index in [0.717, 1.165) is 10.2 Å². The van der Waals surface area contributed by atoms with Gasteiger partial charge in [0.1, 0.15) is 0 Å². The topological polar surface area (TPSA) is 20.3 Å². The van der Waals surface area contributed by atoms with Crippen molar-refractivity contribution in [2.24, 2.45) is 5.92 Å². The summed E-state index contributed by atoms with van der Waals surface area (Å²) in [6, 6.07) is 0. The first-order chi connectivity index (χ1) is 5.34. The highest BCUT2D eigenvalue weighted by atomic mass is 127. The maximum absolute atomic E-state index is 11.3. The molecular formula is C7H8INOS. The molecule has 2 aliphatic rings. The molecule has 2 atom stereocenters. The van der Waals surface area contributed by atoms with Crippen molar-refractivity contribution in [2.45, 2.75) is 5.37 Å². The van der Waals surface area contributed by atoms with E-state index in [4.69, 9.17) is 0 Å². The number of carbonyl (C=O) groups excluding carboxylic acids is 1. The number of halogens is 1. The van der Waals surface area contributed by atoms with Gasteiger partial charge in [0.2, 0.25) is 5.91 Å². The molecule has 0 N–H and O–H groups in total. The number of nitrogens with zero attached hydrogens (tertiary/aromatic N) is 1. The maximum atomic E-state index is 11.3. The van der Waals surface area contributed by atoms with E-state index in [1.165, 1.54) is 0 Å². The van der Waals surface area contributed by atoms with Gasteiger partial charge in [0.05, 0.1) is 11.3 Å². The normalized spacial score (nSPS) is 35.0. The van der Waals surface area contributed by atoms with Crippen LogP contribution in [0.4, 0.5) is 0 Å². The number of thioether (sulfide) groups is 1. The molecule has 0 radical (unpaired) electrons. The largest absolute Gasteiger partial charge is 0.306 e. The SMILES string of the molecule is O=C1C(CI)[C@@H]2SCC=CN12. The Morgan fingerprint density at radius 2 is 2.64 bits per heavy atom. The van der Waals surface area contributed by atoms with Gasteiger partial charge in [-0.3, -0.25) is 4.79 Å². The lowest BCUT2D eigenvalue weighted by atomic mass is 10.0. The monoisotopic (exact) mass is 281 g/mol. The molecular weight excluding hydrogens is 273 g/mol. The van der Waals surface area contributed by atoms with E-state index in [1.54, 1.807) is 0 Å². The Kier molecular flexibility index (Phi) is 2.14. The second-order valence-electron chi connectivity index (χ2n) is 2.61. The molecule has 0 aliphatic carbocycles. The van der Waals surface area contributed by atoms with Crippen LogP contribution in [-0.4, -0.2) is 26.4 Å². The highest BCUT2D eigenvalue weighted by Gasteiger charge is 2.46. The molecule has 2 nitrogen and oxygen atoms in total. The number of β-lactam (4-membered cyclic amide) rings is 1. The number of hydrogen-bond donors (Lipinski definition) is 0. The van der Waals surface area contributed by atoms with Gasteiger partial charge in [-0.1, -0.05) is 28.7 Å². The molecule has 0 aromatic carbocycles. The zero-order valence-electron chi connectivity index (χ0n) is 5.87. The third-order valence-corrected chi connectivity index (χ3v) is 4.22. The summed E-state index contributed by atoms with van der Waals surface area (Å²) in [5.74, 6) is 1.64. The number of alkyl halides is 1. The summed E-state index contributed by atoms with van der Waals surface area (Å²) < 4.78 is 0.957. The number of rotatable bonds is 1. The zero-order chi connectivity index (χ0) is 7.84. The molecule has 1 unspecified atom stereocenters. The molecule has 0 bridgehead atoms. The molecule has 2 aliphatic heterocycles. The van der Waals surface area contributed by atoms with Gasteiger partial charge in [-0.15, -0.1) is 11.8 Å². The van der Waals surface area contributed by atoms with Gasteiger partial charge in [0.25, 0.3) is 0 Å². The lowest BCUT2D eigenvalue weighted by molar-refractivity contribution is -0.144. The Balaban J connectivity index is 2.12. The number of fused-ring (bicyclic) bond motifs is 1. The predicted octanol–water partition coefficient (Wildman–Crippen LogP) is 1.47. The first-order valence-corrected chi connectivity index (χ1v) is 6.08. The van der Waals surface area contributed by atoms with Crippen molar-refractivity contribution in [1.82, 2.24) is 4.90 Å². The minimum Gasteiger partial charge on any atom is -0.306 e. The zero-order valence-corrected chi connectivity index (χ0v) is 8.84. The van der Waals surface area contributed by atoms with Crippen LogP contribution in [0.3, 0.4) is 0 Å². The van der Waals surface area contributed by atoms with E-state index < -0.39 is 0 Å². The van der Waals surface area contributed by atoms with Gasteiger partial charge >= 0.3 is 0 Å². The summed E-state index contributed by atoms with van der Waals surface area (Å²) in [6.07, 6.45) is 3.97. The minimum absolute atomic E-state index is 0.283.